The van der Waals surface area contributed by atoms with E-state index in [9.17, 15) is 4.79 Å². The molecule has 0 radical (unpaired) electrons. The van der Waals surface area contributed by atoms with Gasteiger partial charge in [-0.1, -0.05) is 99.8 Å². The molecule has 2 nitrogen and oxygen atoms in total. The zero-order valence-corrected chi connectivity index (χ0v) is 18.8. The van der Waals surface area contributed by atoms with Gasteiger partial charge in [0.25, 0.3) is 0 Å². The largest absolute Gasteiger partial charge is 0.462 e. The highest BCUT2D eigenvalue weighted by atomic mass is 16.5. The number of carbonyl (C=O) groups is 1. The Balaban J connectivity index is 1.88. The molecule has 0 aliphatic heterocycles. The van der Waals surface area contributed by atoms with Crippen molar-refractivity contribution in [3.63, 3.8) is 0 Å². The normalized spacial score (nSPS) is 21.3. The van der Waals surface area contributed by atoms with Crippen molar-refractivity contribution in [2.24, 2.45) is 11.8 Å². The quantitative estimate of drug-likeness (QED) is 0.337. The van der Waals surface area contributed by atoms with Gasteiger partial charge in [-0.3, -0.25) is 4.79 Å². The van der Waals surface area contributed by atoms with Gasteiger partial charge in [-0.25, -0.2) is 0 Å². The third-order valence-electron chi connectivity index (χ3n) is 6.55. The molecular formula is C28H36O2. The first-order chi connectivity index (χ1) is 14.7. The van der Waals surface area contributed by atoms with Gasteiger partial charge >= 0.3 is 5.97 Å². The minimum absolute atomic E-state index is 0.0159. The predicted molar refractivity (Wildman–Crippen MR) is 125 cm³/mol. The molecule has 30 heavy (non-hydrogen) atoms. The molecule has 0 heterocycles. The highest BCUT2D eigenvalue weighted by Gasteiger charge is 2.36. The van der Waals surface area contributed by atoms with E-state index >= 15 is 0 Å². The van der Waals surface area contributed by atoms with Gasteiger partial charge in [-0.05, 0) is 48.3 Å². The molecule has 0 amide bonds. The summed E-state index contributed by atoms with van der Waals surface area (Å²) in [4.78, 5) is 12.4. The second kappa shape index (κ2) is 11.2. The fraction of sp³-hybridized carbons (Fsp3) is 0.464. The maximum absolute atomic E-state index is 12.4. The molecule has 160 valence electrons. The van der Waals surface area contributed by atoms with E-state index in [1.807, 2.05) is 0 Å². The van der Waals surface area contributed by atoms with Crippen LogP contribution in [0.25, 0.3) is 5.57 Å². The Morgan fingerprint density at radius 2 is 1.53 bits per heavy atom. The SMILES string of the molecule is CCCCCC(=O)OC1CCC(=C(c2ccccc2)c2ccccc2)C(C)C1CC. The van der Waals surface area contributed by atoms with Crippen LogP contribution in [-0.2, 0) is 9.53 Å². The van der Waals surface area contributed by atoms with E-state index in [0.29, 0.717) is 18.3 Å². The summed E-state index contributed by atoms with van der Waals surface area (Å²) in [5.74, 6) is 0.733. The molecule has 2 aromatic rings. The van der Waals surface area contributed by atoms with Crippen LogP contribution >= 0.6 is 0 Å². The van der Waals surface area contributed by atoms with Gasteiger partial charge in [-0.15, -0.1) is 0 Å². The standard InChI is InChI=1S/C28H36O2/c1-4-6-9-18-27(29)30-26-20-19-25(21(3)24(26)5-2)28(22-14-10-7-11-15-22)23-16-12-8-13-17-23/h7-8,10-17,21,24,26H,4-6,9,18-20H2,1-3H3. The molecule has 0 bridgehead atoms. The molecule has 0 aromatic heterocycles. The van der Waals surface area contributed by atoms with Crippen LogP contribution in [0.3, 0.4) is 0 Å². The Morgan fingerprint density at radius 1 is 0.933 bits per heavy atom. The van der Waals surface area contributed by atoms with Crippen LogP contribution in [0, 0.1) is 11.8 Å². The van der Waals surface area contributed by atoms with E-state index in [-0.39, 0.29) is 12.1 Å². The van der Waals surface area contributed by atoms with Crippen LogP contribution in [0.4, 0.5) is 0 Å². The molecule has 3 atom stereocenters. The van der Waals surface area contributed by atoms with Gasteiger partial charge in [0.2, 0.25) is 0 Å². The summed E-state index contributed by atoms with van der Waals surface area (Å²) in [7, 11) is 0. The number of unbranched alkanes of at least 4 members (excludes halogenated alkanes) is 2. The maximum atomic E-state index is 12.4. The van der Waals surface area contributed by atoms with E-state index in [1.54, 1.807) is 0 Å². The Morgan fingerprint density at radius 3 is 2.07 bits per heavy atom. The van der Waals surface area contributed by atoms with E-state index < -0.39 is 0 Å². The first-order valence-corrected chi connectivity index (χ1v) is 11.7. The number of allylic oxidation sites excluding steroid dienone is 1. The lowest BCUT2D eigenvalue weighted by molar-refractivity contribution is -0.154. The number of ether oxygens (including phenoxy) is 1. The third-order valence-corrected chi connectivity index (χ3v) is 6.55. The minimum Gasteiger partial charge on any atom is -0.462 e. The van der Waals surface area contributed by atoms with Crippen LogP contribution in [0.15, 0.2) is 66.2 Å². The molecule has 0 saturated heterocycles. The summed E-state index contributed by atoms with van der Waals surface area (Å²) >= 11 is 0. The number of hydrogen-bond donors (Lipinski definition) is 0. The Labute approximate surface area is 182 Å². The van der Waals surface area contributed by atoms with Crippen molar-refractivity contribution in [3.05, 3.63) is 77.4 Å². The van der Waals surface area contributed by atoms with Crippen LogP contribution in [-0.4, -0.2) is 12.1 Å². The summed E-state index contributed by atoms with van der Waals surface area (Å²) in [6.45, 7) is 6.71. The first-order valence-electron chi connectivity index (χ1n) is 11.7. The molecule has 0 spiro atoms. The van der Waals surface area contributed by atoms with Crippen LogP contribution in [0.2, 0.25) is 0 Å². The van der Waals surface area contributed by atoms with Crippen molar-refractivity contribution in [1.82, 2.24) is 0 Å². The van der Waals surface area contributed by atoms with E-state index in [2.05, 4.69) is 81.4 Å². The lowest BCUT2D eigenvalue weighted by Crippen LogP contribution is -2.36. The monoisotopic (exact) mass is 404 g/mol. The molecule has 2 heteroatoms. The summed E-state index contributed by atoms with van der Waals surface area (Å²) in [5.41, 5.74) is 5.40. The Hall–Kier alpha value is -2.35. The van der Waals surface area contributed by atoms with Gasteiger partial charge in [0.15, 0.2) is 0 Å². The van der Waals surface area contributed by atoms with Gasteiger partial charge in [0.05, 0.1) is 0 Å². The molecule has 0 N–H and O–H groups in total. The molecule has 1 aliphatic carbocycles. The van der Waals surface area contributed by atoms with E-state index in [1.165, 1.54) is 22.3 Å². The highest BCUT2D eigenvalue weighted by Crippen LogP contribution is 2.43. The van der Waals surface area contributed by atoms with E-state index in [0.717, 1.165) is 38.5 Å². The van der Waals surface area contributed by atoms with Crippen molar-refractivity contribution in [1.29, 1.82) is 0 Å². The van der Waals surface area contributed by atoms with Crippen LogP contribution in [0.1, 0.15) is 76.8 Å². The number of esters is 1. The van der Waals surface area contributed by atoms with Crippen LogP contribution < -0.4 is 0 Å². The summed E-state index contributed by atoms with van der Waals surface area (Å²) in [6.07, 6.45) is 6.66. The molecule has 1 fully saturated rings. The fourth-order valence-electron chi connectivity index (χ4n) is 4.93. The topological polar surface area (TPSA) is 26.3 Å². The molecule has 3 rings (SSSR count). The minimum atomic E-state index is -0.0159. The number of benzene rings is 2. The van der Waals surface area contributed by atoms with Gasteiger partial charge in [0.1, 0.15) is 6.10 Å². The lowest BCUT2D eigenvalue weighted by atomic mass is 9.70. The number of rotatable bonds is 8. The fourth-order valence-corrected chi connectivity index (χ4v) is 4.93. The second-order valence-electron chi connectivity index (χ2n) is 8.52. The first kappa shape index (κ1) is 22.3. The number of hydrogen-bond acceptors (Lipinski definition) is 2. The molecule has 2 aromatic carbocycles. The average Bonchev–Trinajstić information content (AvgIpc) is 2.77. The maximum Gasteiger partial charge on any atom is 0.306 e. The average molecular weight is 405 g/mol. The van der Waals surface area contributed by atoms with Crippen LogP contribution in [0.5, 0.6) is 0 Å². The van der Waals surface area contributed by atoms with Crippen molar-refractivity contribution in [2.75, 3.05) is 0 Å². The molecule has 1 saturated carbocycles. The van der Waals surface area contributed by atoms with Crippen molar-refractivity contribution >= 4 is 11.5 Å². The summed E-state index contributed by atoms with van der Waals surface area (Å²) in [6, 6.07) is 21.5. The second-order valence-corrected chi connectivity index (χ2v) is 8.52. The van der Waals surface area contributed by atoms with Gasteiger partial charge in [-0.2, -0.15) is 0 Å². The third kappa shape index (κ3) is 5.41. The Kier molecular flexibility index (Phi) is 8.30. The predicted octanol–water partition coefficient (Wildman–Crippen LogP) is 7.44. The summed E-state index contributed by atoms with van der Waals surface area (Å²) < 4.78 is 5.99. The smallest absolute Gasteiger partial charge is 0.306 e. The highest BCUT2D eigenvalue weighted by molar-refractivity contribution is 5.82. The molecule has 3 unspecified atom stereocenters. The number of carbonyl (C=O) groups excluding carboxylic acids is 1. The van der Waals surface area contributed by atoms with E-state index in [4.69, 9.17) is 4.74 Å². The van der Waals surface area contributed by atoms with Gasteiger partial charge < -0.3 is 4.74 Å². The van der Waals surface area contributed by atoms with Crippen molar-refractivity contribution < 1.29 is 9.53 Å². The Bertz CT molecular complexity index is 781. The zero-order chi connectivity index (χ0) is 21.3. The molecule has 1 aliphatic rings. The zero-order valence-electron chi connectivity index (χ0n) is 18.8. The summed E-state index contributed by atoms with van der Waals surface area (Å²) in [5, 5.41) is 0. The van der Waals surface area contributed by atoms with Crippen molar-refractivity contribution in [3.8, 4) is 0 Å². The molecular weight excluding hydrogens is 368 g/mol. The lowest BCUT2D eigenvalue weighted by Gasteiger charge is -2.39. The van der Waals surface area contributed by atoms with Crippen molar-refractivity contribution in [2.45, 2.75) is 71.8 Å². The van der Waals surface area contributed by atoms with Gasteiger partial charge in [0, 0.05) is 12.3 Å².